The highest BCUT2D eigenvalue weighted by Crippen LogP contribution is 2.26. The van der Waals surface area contributed by atoms with Crippen molar-refractivity contribution in [3.05, 3.63) is 89.5 Å². The number of ether oxygens (including phenoxy) is 1. The van der Waals surface area contributed by atoms with Crippen molar-refractivity contribution in [1.29, 1.82) is 0 Å². The molecule has 6 nitrogen and oxygen atoms in total. The van der Waals surface area contributed by atoms with Crippen molar-refractivity contribution >= 4 is 21.6 Å². The molecule has 0 spiro atoms. The summed E-state index contributed by atoms with van der Waals surface area (Å²) in [5.41, 5.74) is 2.94. The molecule has 0 aliphatic heterocycles. The van der Waals surface area contributed by atoms with E-state index in [0.29, 0.717) is 23.5 Å². The minimum absolute atomic E-state index is 0.0616. The summed E-state index contributed by atoms with van der Waals surface area (Å²) in [6, 6.07) is 20.5. The summed E-state index contributed by atoms with van der Waals surface area (Å²) >= 11 is 0. The largest absolute Gasteiger partial charge is 0.495 e. The highest BCUT2D eigenvalue weighted by Gasteiger charge is 2.18. The molecule has 0 saturated heterocycles. The van der Waals surface area contributed by atoms with Gasteiger partial charge in [-0.2, -0.15) is 0 Å². The van der Waals surface area contributed by atoms with Crippen molar-refractivity contribution in [1.82, 2.24) is 4.90 Å². The minimum atomic E-state index is -3.82. The molecule has 0 aliphatic carbocycles. The monoisotopic (exact) mass is 424 g/mol. The Morgan fingerprint density at radius 1 is 0.967 bits per heavy atom. The van der Waals surface area contributed by atoms with Crippen molar-refractivity contribution in [3.63, 3.8) is 0 Å². The first-order valence-electron chi connectivity index (χ1n) is 9.37. The third kappa shape index (κ3) is 4.80. The quantitative estimate of drug-likeness (QED) is 0.620. The molecule has 0 radical (unpaired) electrons. The zero-order valence-corrected chi connectivity index (χ0v) is 17.9. The number of sulfonamides is 1. The van der Waals surface area contributed by atoms with Gasteiger partial charge in [0.25, 0.3) is 15.9 Å². The lowest BCUT2D eigenvalue weighted by molar-refractivity contribution is 0.0785. The van der Waals surface area contributed by atoms with Crippen LogP contribution in [0.2, 0.25) is 0 Å². The lowest BCUT2D eigenvalue weighted by Crippen LogP contribution is -2.26. The van der Waals surface area contributed by atoms with Crippen LogP contribution in [-0.2, 0) is 16.6 Å². The molecule has 0 heterocycles. The van der Waals surface area contributed by atoms with E-state index in [-0.39, 0.29) is 10.8 Å². The number of anilines is 1. The number of nitrogens with one attached hydrogen (secondary N) is 1. The highest BCUT2D eigenvalue weighted by atomic mass is 32.2. The number of nitrogens with zero attached hydrogens (tertiary/aromatic N) is 1. The molecular formula is C23H24N2O4S. The van der Waals surface area contributed by atoms with Crippen molar-refractivity contribution in [3.8, 4) is 5.75 Å². The molecule has 3 rings (SSSR count). The molecule has 7 heteroatoms. The van der Waals surface area contributed by atoms with Crippen LogP contribution in [0.3, 0.4) is 0 Å². The van der Waals surface area contributed by atoms with Gasteiger partial charge in [0.2, 0.25) is 0 Å². The van der Waals surface area contributed by atoms with E-state index in [1.54, 1.807) is 36.2 Å². The number of amides is 1. The third-order valence-electron chi connectivity index (χ3n) is 4.78. The van der Waals surface area contributed by atoms with Gasteiger partial charge in [0.05, 0.1) is 17.7 Å². The molecule has 0 unspecified atom stereocenters. The van der Waals surface area contributed by atoms with Gasteiger partial charge in [0, 0.05) is 19.2 Å². The average molecular weight is 425 g/mol. The molecule has 0 saturated carbocycles. The van der Waals surface area contributed by atoms with E-state index in [1.807, 2.05) is 31.2 Å². The Morgan fingerprint density at radius 3 is 2.27 bits per heavy atom. The Kier molecular flexibility index (Phi) is 6.42. The van der Waals surface area contributed by atoms with Crippen LogP contribution in [0.5, 0.6) is 5.75 Å². The van der Waals surface area contributed by atoms with E-state index in [9.17, 15) is 13.2 Å². The van der Waals surface area contributed by atoms with Gasteiger partial charge in [-0.1, -0.05) is 36.4 Å². The van der Waals surface area contributed by atoms with E-state index in [1.165, 1.54) is 31.4 Å². The smallest absolute Gasteiger partial charge is 0.262 e. The number of rotatable bonds is 7. The van der Waals surface area contributed by atoms with Crippen LogP contribution in [0.25, 0.3) is 0 Å². The van der Waals surface area contributed by atoms with Gasteiger partial charge in [0.1, 0.15) is 5.75 Å². The van der Waals surface area contributed by atoms with Crippen molar-refractivity contribution in [2.24, 2.45) is 0 Å². The summed E-state index contributed by atoms with van der Waals surface area (Å²) in [5, 5.41) is 0. The van der Waals surface area contributed by atoms with E-state index >= 15 is 0 Å². The molecule has 1 N–H and O–H groups in total. The van der Waals surface area contributed by atoms with Gasteiger partial charge >= 0.3 is 0 Å². The number of hydrogen-bond donors (Lipinski definition) is 1. The van der Waals surface area contributed by atoms with Gasteiger partial charge in [-0.05, 0) is 54.4 Å². The fourth-order valence-corrected chi connectivity index (χ4v) is 4.11. The summed E-state index contributed by atoms with van der Waals surface area (Å²) in [5.74, 6) is 0.241. The van der Waals surface area contributed by atoms with E-state index < -0.39 is 10.0 Å². The van der Waals surface area contributed by atoms with Crippen LogP contribution < -0.4 is 9.46 Å². The van der Waals surface area contributed by atoms with E-state index in [4.69, 9.17) is 4.74 Å². The molecule has 0 aliphatic rings. The number of carbonyl (C=O) groups excluding carboxylic acids is 1. The zero-order valence-electron chi connectivity index (χ0n) is 17.1. The number of hydrogen-bond acceptors (Lipinski definition) is 4. The second-order valence-corrected chi connectivity index (χ2v) is 8.60. The molecule has 156 valence electrons. The summed E-state index contributed by atoms with van der Waals surface area (Å²) in [7, 11) is -0.620. The number of aryl methyl sites for hydroxylation is 1. The maximum Gasteiger partial charge on any atom is 0.262 e. The first-order valence-corrected chi connectivity index (χ1v) is 10.9. The predicted molar refractivity (Wildman–Crippen MR) is 117 cm³/mol. The molecule has 30 heavy (non-hydrogen) atoms. The van der Waals surface area contributed by atoms with Crippen LogP contribution >= 0.6 is 0 Å². The van der Waals surface area contributed by atoms with Crippen LogP contribution in [0.15, 0.2) is 77.7 Å². The second kappa shape index (κ2) is 9.00. The van der Waals surface area contributed by atoms with Gasteiger partial charge < -0.3 is 9.64 Å². The topological polar surface area (TPSA) is 75.7 Å². The number of benzene rings is 3. The molecule has 3 aromatic rings. The van der Waals surface area contributed by atoms with Crippen molar-refractivity contribution in [2.75, 3.05) is 18.9 Å². The van der Waals surface area contributed by atoms with E-state index in [0.717, 1.165) is 11.1 Å². The Hall–Kier alpha value is -3.32. The molecule has 3 aromatic carbocycles. The highest BCUT2D eigenvalue weighted by molar-refractivity contribution is 7.92. The first-order chi connectivity index (χ1) is 14.3. The van der Waals surface area contributed by atoms with Crippen LogP contribution in [0.4, 0.5) is 5.69 Å². The Morgan fingerprint density at radius 2 is 1.60 bits per heavy atom. The van der Waals surface area contributed by atoms with Gasteiger partial charge in [0.15, 0.2) is 0 Å². The van der Waals surface area contributed by atoms with Crippen LogP contribution in [-0.4, -0.2) is 33.4 Å². The van der Waals surface area contributed by atoms with Crippen LogP contribution in [0.1, 0.15) is 21.5 Å². The molecule has 1 amide bonds. The molecule has 0 atom stereocenters. The Labute approximate surface area is 177 Å². The lowest BCUT2D eigenvalue weighted by Gasteiger charge is -2.19. The zero-order chi connectivity index (χ0) is 21.7. The molecule has 0 fully saturated rings. The summed E-state index contributed by atoms with van der Waals surface area (Å²) in [4.78, 5) is 14.4. The van der Waals surface area contributed by atoms with Crippen molar-refractivity contribution in [2.45, 2.75) is 18.4 Å². The van der Waals surface area contributed by atoms with Gasteiger partial charge in [-0.15, -0.1) is 0 Å². The standard InChI is InChI=1S/C23H24N2O4S/c1-17-8-4-5-9-19(17)16-25(2)23(26)18-12-14-20(15-13-18)30(27,28)24-21-10-6-7-11-22(21)29-3/h4-15,24H,16H2,1-3H3. The maximum absolute atomic E-state index is 12.7. The summed E-state index contributed by atoms with van der Waals surface area (Å²) in [6.45, 7) is 2.48. The number of carbonyl (C=O) groups is 1. The minimum Gasteiger partial charge on any atom is -0.495 e. The Bertz CT molecular complexity index is 1140. The number of methoxy groups -OCH3 is 1. The summed E-state index contributed by atoms with van der Waals surface area (Å²) in [6.07, 6.45) is 0. The normalized spacial score (nSPS) is 11.0. The molecule has 0 aromatic heterocycles. The first kappa shape index (κ1) is 21.4. The fourth-order valence-electron chi connectivity index (χ4n) is 3.04. The Balaban J connectivity index is 1.75. The van der Waals surface area contributed by atoms with Gasteiger partial charge in [-0.3, -0.25) is 9.52 Å². The number of para-hydroxylation sites is 2. The molecular weight excluding hydrogens is 400 g/mol. The third-order valence-corrected chi connectivity index (χ3v) is 6.16. The second-order valence-electron chi connectivity index (χ2n) is 6.92. The van der Waals surface area contributed by atoms with Crippen LogP contribution in [0, 0.1) is 6.92 Å². The predicted octanol–water partition coefficient (Wildman–Crippen LogP) is 4.08. The lowest BCUT2D eigenvalue weighted by atomic mass is 10.1. The van der Waals surface area contributed by atoms with Gasteiger partial charge in [-0.25, -0.2) is 8.42 Å². The van der Waals surface area contributed by atoms with E-state index in [2.05, 4.69) is 4.72 Å². The average Bonchev–Trinajstić information content (AvgIpc) is 2.75. The maximum atomic E-state index is 12.7. The summed E-state index contributed by atoms with van der Waals surface area (Å²) < 4.78 is 33.1. The fraction of sp³-hybridized carbons (Fsp3) is 0.174. The van der Waals surface area contributed by atoms with Crippen molar-refractivity contribution < 1.29 is 17.9 Å². The SMILES string of the molecule is COc1ccccc1NS(=O)(=O)c1ccc(C(=O)N(C)Cc2ccccc2C)cc1. The molecule has 0 bridgehead atoms.